The van der Waals surface area contributed by atoms with Gasteiger partial charge in [-0.3, -0.25) is 0 Å². The lowest BCUT2D eigenvalue weighted by Crippen LogP contribution is -2.33. The molecule has 1 aromatic heterocycles. The number of hydrogen-bond donors (Lipinski definition) is 0. The molecule has 1 unspecified atom stereocenters. The van der Waals surface area contributed by atoms with Crippen LogP contribution in [0.2, 0.25) is 5.02 Å². The fourth-order valence-corrected chi connectivity index (χ4v) is 5.04. The number of anilines is 2. The van der Waals surface area contributed by atoms with E-state index >= 15 is 0 Å². The zero-order chi connectivity index (χ0) is 20.8. The molecule has 2 saturated heterocycles. The molecule has 0 N–H and O–H groups in total. The smallest absolute Gasteiger partial charge is 0.228 e. The molecule has 1 aliphatic carbocycles. The van der Waals surface area contributed by atoms with Gasteiger partial charge in [0.15, 0.2) is 5.75 Å². The van der Waals surface area contributed by atoms with Gasteiger partial charge in [-0.25, -0.2) is 4.98 Å². The molecule has 0 radical (unpaired) electrons. The van der Waals surface area contributed by atoms with Gasteiger partial charge in [0.1, 0.15) is 11.3 Å². The molecule has 2 aromatic rings. The first kappa shape index (κ1) is 20.6. The second-order valence-electron chi connectivity index (χ2n) is 8.96. The van der Waals surface area contributed by atoms with E-state index in [1.807, 2.05) is 6.07 Å². The molecule has 3 heterocycles. The summed E-state index contributed by atoms with van der Waals surface area (Å²) in [6.45, 7) is 3.98. The van der Waals surface area contributed by atoms with E-state index in [2.05, 4.69) is 44.7 Å². The lowest BCUT2D eigenvalue weighted by Gasteiger charge is -2.30. The molecule has 3 aliphatic rings. The fraction of sp³-hybridized carbons (Fsp3) is 0.636. The molecule has 1 atom stereocenters. The first-order valence-electron chi connectivity index (χ1n) is 11.0. The van der Waals surface area contributed by atoms with Crippen LogP contribution >= 0.6 is 27.5 Å². The van der Waals surface area contributed by atoms with Crippen molar-refractivity contribution in [2.24, 2.45) is 0 Å². The second kappa shape index (κ2) is 8.32. The molecule has 8 heteroatoms. The summed E-state index contributed by atoms with van der Waals surface area (Å²) in [6.07, 6.45) is 7.26. The van der Waals surface area contributed by atoms with Gasteiger partial charge in [-0.05, 0) is 74.6 Å². The van der Waals surface area contributed by atoms with E-state index in [-0.39, 0.29) is 6.10 Å². The summed E-state index contributed by atoms with van der Waals surface area (Å²) >= 11 is 10.3. The Hall–Kier alpha value is -1.31. The predicted molar refractivity (Wildman–Crippen MR) is 126 cm³/mol. The summed E-state index contributed by atoms with van der Waals surface area (Å²) in [7, 11) is 4.30. The molecule has 6 nitrogen and oxygen atoms in total. The molecule has 0 bridgehead atoms. The van der Waals surface area contributed by atoms with Crippen molar-refractivity contribution < 1.29 is 4.74 Å². The number of fused-ring (bicyclic) bond motifs is 1. The number of aromatic nitrogens is 2. The van der Waals surface area contributed by atoms with Crippen molar-refractivity contribution in [2.75, 3.05) is 50.1 Å². The van der Waals surface area contributed by atoms with Crippen molar-refractivity contribution in [2.45, 2.75) is 50.7 Å². The number of nitrogens with zero attached hydrogens (tertiary/aromatic N) is 5. The Morgan fingerprint density at radius 1 is 1.07 bits per heavy atom. The molecular formula is C22H29BrClN5O. The number of benzene rings is 1. The van der Waals surface area contributed by atoms with E-state index in [1.165, 1.54) is 19.3 Å². The van der Waals surface area contributed by atoms with E-state index < -0.39 is 0 Å². The van der Waals surface area contributed by atoms with Gasteiger partial charge in [-0.2, -0.15) is 4.98 Å². The molecule has 30 heavy (non-hydrogen) atoms. The summed E-state index contributed by atoms with van der Waals surface area (Å²) in [5.41, 5.74) is 0.872. The first-order chi connectivity index (χ1) is 14.5. The van der Waals surface area contributed by atoms with Crippen LogP contribution in [0, 0.1) is 0 Å². The minimum atomic E-state index is 0.268. The molecule has 5 rings (SSSR count). The van der Waals surface area contributed by atoms with Crippen molar-refractivity contribution in [3.8, 4) is 5.75 Å². The topological polar surface area (TPSA) is 44.7 Å². The Kier molecular flexibility index (Phi) is 5.71. The maximum Gasteiger partial charge on any atom is 0.228 e. The maximum absolute atomic E-state index is 6.61. The lowest BCUT2D eigenvalue weighted by atomic mass is 10.1. The van der Waals surface area contributed by atoms with Gasteiger partial charge in [0.05, 0.1) is 15.6 Å². The van der Waals surface area contributed by atoms with Crippen LogP contribution in [0.15, 0.2) is 10.5 Å². The number of ether oxygens (including phenoxy) is 1. The highest BCUT2D eigenvalue weighted by Gasteiger charge is 2.31. The molecule has 0 amide bonds. The van der Waals surface area contributed by atoms with Crippen LogP contribution in [0.25, 0.3) is 10.9 Å². The Morgan fingerprint density at radius 2 is 1.83 bits per heavy atom. The van der Waals surface area contributed by atoms with Gasteiger partial charge in [-0.15, -0.1) is 0 Å². The Morgan fingerprint density at radius 3 is 2.50 bits per heavy atom. The summed E-state index contributed by atoms with van der Waals surface area (Å²) in [4.78, 5) is 17.2. The van der Waals surface area contributed by atoms with E-state index in [9.17, 15) is 0 Å². The summed E-state index contributed by atoms with van der Waals surface area (Å²) in [5, 5.41) is 1.65. The van der Waals surface area contributed by atoms with Crippen molar-refractivity contribution in [1.82, 2.24) is 14.9 Å². The highest BCUT2D eigenvalue weighted by Crippen LogP contribution is 2.44. The van der Waals surface area contributed by atoms with Gasteiger partial charge >= 0.3 is 0 Å². The monoisotopic (exact) mass is 493 g/mol. The SMILES string of the molecule is CN(C)C1CCN(c2nc(N3CCCCC3)c3cc(Cl)c(Br)c(OC4CC4)c3n2)C1. The molecule has 1 aromatic carbocycles. The molecule has 2 aliphatic heterocycles. The second-order valence-corrected chi connectivity index (χ2v) is 10.2. The Bertz CT molecular complexity index is 945. The predicted octanol–water partition coefficient (Wildman–Crippen LogP) is 4.72. The van der Waals surface area contributed by atoms with Gasteiger partial charge in [0.2, 0.25) is 5.95 Å². The van der Waals surface area contributed by atoms with Gasteiger partial charge in [-0.1, -0.05) is 11.6 Å². The van der Waals surface area contributed by atoms with Crippen LogP contribution in [0.4, 0.5) is 11.8 Å². The van der Waals surface area contributed by atoms with Crippen molar-refractivity contribution >= 4 is 50.2 Å². The molecule has 3 fully saturated rings. The van der Waals surface area contributed by atoms with Crippen LogP contribution in [0.5, 0.6) is 5.75 Å². The van der Waals surface area contributed by atoms with Gasteiger partial charge in [0.25, 0.3) is 0 Å². The van der Waals surface area contributed by atoms with Crippen molar-refractivity contribution in [3.63, 3.8) is 0 Å². The average molecular weight is 495 g/mol. The van der Waals surface area contributed by atoms with E-state index in [1.54, 1.807) is 0 Å². The molecule has 0 spiro atoms. The Balaban J connectivity index is 1.64. The highest BCUT2D eigenvalue weighted by molar-refractivity contribution is 9.10. The van der Waals surface area contributed by atoms with E-state index in [4.69, 9.17) is 26.3 Å². The molecule has 162 valence electrons. The normalized spacial score (nSPS) is 22.4. The maximum atomic E-state index is 6.61. The third-order valence-corrected chi connectivity index (χ3v) is 7.76. The van der Waals surface area contributed by atoms with Crippen LogP contribution in [-0.4, -0.2) is 67.3 Å². The summed E-state index contributed by atoms with van der Waals surface area (Å²) in [5.74, 6) is 2.57. The third kappa shape index (κ3) is 3.96. The number of hydrogen-bond acceptors (Lipinski definition) is 6. The first-order valence-corrected chi connectivity index (χ1v) is 12.2. The zero-order valence-corrected chi connectivity index (χ0v) is 20.0. The number of piperidine rings is 1. The van der Waals surface area contributed by atoms with Gasteiger partial charge in [0, 0.05) is 37.6 Å². The van der Waals surface area contributed by atoms with Crippen molar-refractivity contribution in [1.29, 1.82) is 0 Å². The molecule has 1 saturated carbocycles. The van der Waals surface area contributed by atoms with E-state index in [0.717, 1.165) is 78.3 Å². The van der Waals surface area contributed by atoms with Gasteiger partial charge < -0.3 is 19.4 Å². The van der Waals surface area contributed by atoms with Crippen LogP contribution < -0.4 is 14.5 Å². The minimum absolute atomic E-state index is 0.268. The fourth-order valence-electron chi connectivity index (χ4n) is 4.45. The van der Waals surface area contributed by atoms with Crippen LogP contribution in [0.3, 0.4) is 0 Å². The van der Waals surface area contributed by atoms with Crippen molar-refractivity contribution in [3.05, 3.63) is 15.6 Å². The lowest BCUT2D eigenvalue weighted by molar-refractivity contribution is 0.304. The average Bonchev–Trinajstić information content (AvgIpc) is 3.43. The van der Waals surface area contributed by atoms with Crippen LogP contribution in [0.1, 0.15) is 38.5 Å². The minimum Gasteiger partial charge on any atom is -0.487 e. The highest BCUT2D eigenvalue weighted by atomic mass is 79.9. The zero-order valence-electron chi connectivity index (χ0n) is 17.7. The Labute approximate surface area is 191 Å². The standard InChI is InChI=1S/C22H29BrClN5O/c1-27(2)14-8-11-29(13-14)22-25-19-16(21(26-22)28-9-4-3-5-10-28)12-17(24)18(23)20(19)30-15-6-7-15/h12,14-15H,3-11,13H2,1-2H3. The van der Waals surface area contributed by atoms with E-state index in [0.29, 0.717) is 11.1 Å². The third-order valence-electron chi connectivity index (χ3n) is 6.45. The number of halogens is 2. The molecular weight excluding hydrogens is 466 g/mol. The largest absolute Gasteiger partial charge is 0.487 e. The summed E-state index contributed by atoms with van der Waals surface area (Å²) in [6, 6.07) is 2.53. The quantitative estimate of drug-likeness (QED) is 0.599. The number of rotatable bonds is 5. The number of likely N-dealkylation sites (N-methyl/N-ethyl adjacent to an activating group) is 1. The van der Waals surface area contributed by atoms with Crippen LogP contribution in [-0.2, 0) is 0 Å². The summed E-state index contributed by atoms with van der Waals surface area (Å²) < 4.78 is 7.10.